The molecule has 0 aromatic carbocycles. The number of pyridine rings is 1. The highest BCUT2D eigenvalue weighted by atomic mass is 32.2. The van der Waals surface area contributed by atoms with Crippen LogP contribution in [0.5, 0.6) is 0 Å². The Balaban J connectivity index is 1.38. The standard InChI is InChI=1S/C40H63N7O7S/c1-9-21-42-35(50)32(48)30(25-16-15-17-25)44-34(49)31-29-26(39(29,5)6)23-47(31)36(51)33(40(7)19-12-10-13-20-40)45-37(52)43-27(38(2,3)4)24-46(8)55(53,54)28-18-11-14-22-41-28/h11,14,18,22,25-27,29-31,33H,9-10,12-13,15-17,19-21,23-24H2,1-8H3,(H,42,50)(H,44,49)(H2,43,45,52)/t26-,27+,29-,30?,31-,33+/m0/s1. The van der Waals surface area contributed by atoms with Crippen molar-refractivity contribution in [3.8, 4) is 0 Å². The van der Waals surface area contributed by atoms with E-state index in [1.807, 2.05) is 34.6 Å². The first-order chi connectivity index (χ1) is 25.7. The first kappa shape index (κ1) is 42.6. The molecule has 14 nitrogen and oxygen atoms in total. The van der Waals surface area contributed by atoms with E-state index in [-0.39, 0.29) is 40.6 Å². The van der Waals surface area contributed by atoms with Crippen LogP contribution in [-0.4, -0.2) is 103 Å². The van der Waals surface area contributed by atoms with Crippen molar-refractivity contribution in [3.05, 3.63) is 24.4 Å². The van der Waals surface area contributed by atoms with E-state index in [4.69, 9.17) is 0 Å². The van der Waals surface area contributed by atoms with Crippen LogP contribution in [0.15, 0.2) is 29.4 Å². The summed E-state index contributed by atoms with van der Waals surface area (Å²) in [5, 5.41) is 11.5. The smallest absolute Gasteiger partial charge is 0.315 e. The van der Waals surface area contributed by atoms with Gasteiger partial charge in [0.15, 0.2) is 5.03 Å². The van der Waals surface area contributed by atoms with Gasteiger partial charge in [0, 0.05) is 38.9 Å². The first-order valence-corrected chi connectivity index (χ1v) is 21.6. The van der Waals surface area contributed by atoms with Crippen LogP contribution in [0.3, 0.4) is 0 Å². The van der Waals surface area contributed by atoms with Crippen molar-refractivity contribution in [3.63, 3.8) is 0 Å². The molecule has 4 fully saturated rings. The molecule has 1 aliphatic heterocycles. The van der Waals surface area contributed by atoms with Gasteiger partial charge in [0.25, 0.3) is 15.9 Å². The summed E-state index contributed by atoms with van der Waals surface area (Å²) in [6.07, 6.45) is 8.63. The van der Waals surface area contributed by atoms with Crippen LogP contribution in [0.25, 0.3) is 0 Å². The number of urea groups is 1. The van der Waals surface area contributed by atoms with E-state index in [2.05, 4.69) is 40.1 Å². The third kappa shape index (κ3) is 9.03. The van der Waals surface area contributed by atoms with E-state index in [1.165, 1.54) is 23.6 Å². The molecule has 4 aliphatic rings. The molecule has 0 bridgehead atoms. The summed E-state index contributed by atoms with van der Waals surface area (Å²) in [6, 6.07) is 0.593. The Hall–Kier alpha value is -3.59. The van der Waals surface area contributed by atoms with Crippen molar-refractivity contribution < 1.29 is 32.4 Å². The number of piperidine rings is 1. The molecule has 306 valence electrons. The summed E-state index contributed by atoms with van der Waals surface area (Å²) >= 11 is 0. The van der Waals surface area contributed by atoms with E-state index in [0.29, 0.717) is 32.4 Å². The Kier molecular flexibility index (Phi) is 12.8. The zero-order valence-corrected chi connectivity index (χ0v) is 34.8. The maximum atomic E-state index is 15.0. The minimum atomic E-state index is -3.95. The lowest BCUT2D eigenvalue weighted by Gasteiger charge is -2.44. The van der Waals surface area contributed by atoms with Crippen LogP contribution < -0.4 is 21.3 Å². The molecule has 3 saturated carbocycles. The van der Waals surface area contributed by atoms with Gasteiger partial charge < -0.3 is 26.2 Å². The van der Waals surface area contributed by atoms with Crippen LogP contribution >= 0.6 is 0 Å². The highest BCUT2D eigenvalue weighted by molar-refractivity contribution is 7.89. The first-order valence-electron chi connectivity index (χ1n) is 20.1. The van der Waals surface area contributed by atoms with Crippen molar-refractivity contribution in [2.24, 2.45) is 34.0 Å². The Morgan fingerprint density at radius 1 is 0.982 bits per heavy atom. The molecular weight excluding hydrogens is 723 g/mol. The van der Waals surface area contributed by atoms with Gasteiger partial charge in [-0.25, -0.2) is 18.2 Å². The Morgan fingerprint density at radius 2 is 1.65 bits per heavy atom. The van der Waals surface area contributed by atoms with Gasteiger partial charge >= 0.3 is 6.03 Å². The summed E-state index contributed by atoms with van der Waals surface area (Å²) in [5.74, 6) is -2.39. The zero-order chi connectivity index (χ0) is 40.5. The number of hydrogen-bond acceptors (Lipinski definition) is 8. The number of amides is 5. The second kappa shape index (κ2) is 16.5. The van der Waals surface area contributed by atoms with Gasteiger partial charge in [0.1, 0.15) is 18.1 Å². The minimum absolute atomic E-state index is 0.0458. The van der Waals surface area contributed by atoms with Gasteiger partial charge in [0.2, 0.25) is 17.6 Å². The van der Waals surface area contributed by atoms with Crippen LogP contribution in [0.1, 0.15) is 106 Å². The summed E-state index contributed by atoms with van der Waals surface area (Å²) in [5.41, 5.74) is -1.38. The number of carbonyl (C=O) groups excluding carboxylic acids is 5. The SMILES string of the molecule is CCCNC(=O)C(=O)C(NC(=O)[C@@H]1[C@@H]2[C@H](CN1C(=O)[C@@H](NC(=O)N[C@H](CN(C)S(=O)(=O)c1ccccn1)C(C)(C)C)C1(C)CCCCC1)C2(C)C)C1CCC1. The molecule has 6 atom stereocenters. The number of carbonyl (C=O) groups is 5. The molecule has 1 saturated heterocycles. The summed E-state index contributed by atoms with van der Waals surface area (Å²) in [4.78, 5) is 75.2. The molecule has 1 aromatic rings. The topological polar surface area (TPSA) is 187 Å². The van der Waals surface area contributed by atoms with E-state index >= 15 is 0 Å². The third-order valence-electron chi connectivity index (χ3n) is 13.0. The molecule has 0 radical (unpaired) electrons. The van der Waals surface area contributed by atoms with Crippen molar-refractivity contribution in [2.45, 2.75) is 135 Å². The van der Waals surface area contributed by atoms with Crippen LogP contribution in [0, 0.1) is 34.0 Å². The largest absolute Gasteiger partial charge is 0.349 e. The number of likely N-dealkylation sites (N-methyl/N-ethyl adjacent to an activating group) is 1. The van der Waals surface area contributed by atoms with Gasteiger partial charge in [-0.15, -0.1) is 0 Å². The highest BCUT2D eigenvalue weighted by Gasteiger charge is 2.70. The number of aromatic nitrogens is 1. The zero-order valence-electron chi connectivity index (χ0n) is 33.9. The average Bonchev–Trinajstić information content (AvgIpc) is 3.41. The second-order valence-corrected chi connectivity index (χ2v) is 20.3. The van der Waals surface area contributed by atoms with E-state index in [1.54, 1.807) is 17.0 Å². The number of nitrogens with zero attached hydrogens (tertiary/aromatic N) is 3. The van der Waals surface area contributed by atoms with Crippen LogP contribution in [0.4, 0.5) is 4.79 Å². The maximum Gasteiger partial charge on any atom is 0.315 e. The quantitative estimate of drug-likeness (QED) is 0.194. The third-order valence-corrected chi connectivity index (χ3v) is 14.8. The molecule has 2 heterocycles. The number of sulfonamides is 1. The molecular formula is C40H63N7O7S. The van der Waals surface area contributed by atoms with Crippen molar-refractivity contribution in [2.75, 3.05) is 26.7 Å². The van der Waals surface area contributed by atoms with Gasteiger partial charge in [0.05, 0.1) is 0 Å². The number of nitrogens with one attached hydrogen (secondary N) is 4. The number of fused-ring (bicyclic) bond motifs is 1. The Bertz CT molecular complexity index is 1700. The van der Waals surface area contributed by atoms with E-state index in [9.17, 15) is 32.4 Å². The highest BCUT2D eigenvalue weighted by Crippen LogP contribution is 2.65. The Labute approximate surface area is 327 Å². The predicted molar refractivity (Wildman–Crippen MR) is 208 cm³/mol. The minimum Gasteiger partial charge on any atom is -0.349 e. The average molecular weight is 786 g/mol. The van der Waals surface area contributed by atoms with Crippen molar-refractivity contribution >= 4 is 39.6 Å². The number of hydrogen-bond donors (Lipinski definition) is 4. The lowest BCUT2D eigenvalue weighted by molar-refractivity contribution is -0.146. The summed E-state index contributed by atoms with van der Waals surface area (Å²) < 4.78 is 27.9. The monoisotopic (exact) mass is 785 g/mol. The fraction of sp³-hybridized carbons (Fsp3) is 0.750. The maximum absolute atomic E-state index is 15.0. The molecule has 15 heteroatoms. The van der Waals surface area contributed by atoms with Gasteiger partial charge in [-0.05, 0) is 78.2 Å². The molecule has 1 aromatic heterocycles. The predicted octanol–water partition coefficient (Wildman–Crippen LogP) is 3.62. The summed E-state index contributed by atoms with van der Waals surface area (Å²) in [6.45, 7) is 14.4. The van der Waals surface area contributed by atoms with E-state index < -0.39 is 68.6 Å². The number of likely N-dealkylation sites (tertiary alicyclic amines) is 1. The van der Waals surface area contributed by atoms with Crippen molar-refractivity contribution in [1.29, 1.82) is 0 Å². The van der Waals surface area contributed by atoms with Crippen LogP contribution in [-0.2, 0) is 29.2 Å². The molecule has 5 rings (SSSR count). The Morgan fingerprint density at radius 3 is 2.22 bits per heavy atom. The fourth-order valence-corrected chi connectivity index (χ4v) is 10.0. The summed E-state index contributed by atoms with van der Waals surface area (Å²) in [7, 11) is -2.50. The second-order valence-electron chi connectivity index (χ2n) is 18.3. The molecule has 5 amide bonds. The lowest BCUT2D eigenvalue weighted by Crippen LogP contribution is -2.64. The molecule has 4 N–H and O–H groups in total. The van der Waals surface area contributed by atoms with Crippen molar-refractivity contribution in [1.82, 2.24) is 35.5 Å². The van der Waals surface area contributed by atoms with Gasteiger partial charge in [-0.3, -0.25) is 19.2 Å². The number of Topliss-reactive ketones (excluding diaryl/α,β-unsaturated/α-hetero) is 1. The molecule has 1 unspecified atom stereocenters. The normalized spacial score (nSPS) is 24.7. The number of ketones is 1. The van der Waals surface area contributed by atoms with Gasteiger partial charge in [-0.1, -0.05) is 80.2 Å². The van der Waals surface area contributed by atoms with E-state index in [0.717, 1.165) is 38.5 Å². The molecule has 55 heavy (non-hydrogen) atoms. The van der Waals surface area contributed by atoms with Crippen LogP contribution in [0.2, 0.25) is 0 Å². The van der Waals surface area contributed by atoms with Gasteiger partial charge in [-0.2, -0.15) is 4.31 Å². The molecule has 0 spiro atoms. The number of rotatable bonds is 15. The molecule has 3 aliphatic carbocycles. The lowest BCUT2D eigenvalue weighted by atomic mass is 9.70. The fourth-order valence-electron chi connectivity index (χ4n) is 8.92.